The van der Waals surface area contributed by atoms with Gasteiger partial charge < -0.3 is 52.1 Å². The van der Waals surface area contributed by atoms with E-state index in [1.54, 1.807) is 0 Å². The van der Waals surface area contributed by atoms with Gasteiger partial charge in [-0.2, -0.15) is 8.42 Å². The van der Waals surface area contributed by atoms with E-state index in [0.29, 0.717) is 17.3 Å². The monoisotopic (exact) mass is 923 g/mol. The molecule has 0 saturated carbocycles. The summed E-state index contributed by atoms with van der Waals surface area (Å²) in [5, 5.41) is 3.25. The van der Waals surface area contributed by atoms with E-state index < -0.39 is 132 Å². The fourth-order valence-electron chi connectivity index (χ4n) is 5.88. The number of hydrogen-bond donors (Lipinski definition) is 1. The predicted octanol–water partition coefficient (Wildman–Crippen LogP) is 0.640. The summed E-state index contributed by atoms with van der Waals surface area (Å²) < 4.78 is 97.5. The number of oxime groups is 1. The first kappa shape index (κ1) is 50.8. The van der Waals surface area contributed by atoms with Gasteiger partial charge in [0.1, 0.15) is 41.7 Å². The molecule has 2 fully saturated rings. The Morgan fingerprint density at radius 2 is 0.984 bits per heavy atom. The number of nitrogens with zero attached hydrogens (tertiary/aromatic N) is 1. The van der Waals surface area contributed by atoms with Crippen molar-refractivity contribution in [2.75, 3.05) is 13.2 Å². The third-order valence-corrected chi connectivity index (χ3v) is 9.28. The molecule has 344 valence electrons. The summed E-state index contributed by atoms with van der Waals surface area (Å²) in [6.45, 7) is 7.34. The van der Waals surface area contributed by atoms with E-state index in [2.05, 4.69) is 9.44 Å². The van der Waals surface area contributed by atoms with Gasteiger partial charge in [0.05, 0.1) is 0 Å². The average molecular weight is 924 g/mol. The lowest BCUT2D eigenvalue weighted by Crippen LogP contribution is -2.63. The fraction of sp³-hybridized carbons (Fsp3) is 0.583. The molecule has 3 rings (SSSR count). The van der Waals surface area contributed by atoms with Crippen molar-refractivity contribution in [2.24, 2.45) is 5.16 Å². The molecule has 62 heavy (non-hydrogen) atoms. The predicted molar refractivity (Wildman–Crippen MR) is 202 cm³/mol. The minimum Gasteiger partial charge on any atom is -0.463 e. The van der Waals surface area contributed by atoms with Crippen LogP contribution in [0.15, 0.2) is 29.4 Å². The van der Waals surface area contributed by atoms with E-state index in [0.717, 1.165) is 55.4 Å². The topological polar surface area (TPSA) is 314 Å². The number of ether oxygens (including phenoxy) is 11. The lowest BCUT2D eigenvalue weighted by Gasteiger charge is -2.44. The average Bonchev–Trinajstić information content (AvgIpc) is 3.13. The number of rotatable bonds is 17. The van der Waals surface area contributed by atoms with Crippen LogP contribution in [-0.4, -0.2) is 140 Å². The third-order valence-electron chi connectivity index (χ3n) is 7.91. The van der Waals surface area contributed by atoms with Gasteiger partial charge in [-0.05, 0) is 17.7 Å². The molecule has 0 aliphatic carbocycles. The van der Waals surface area contributed by atoms with Gasteiger partial charge in [0, 0.05) is 61.8 Å². The van der Waals surface area contributed by atoms with E-state index in [1.807, 2.05) is 0 Å². The Bertz CT molecular complexity index is 1950. The molecule has 0 amide bonds. The summed E-state index contributed by atoms with van der Waals surface area (Å²) in [5.41, 5.74) is -1.15. The van der Waals surface area contributed by atoms with Crippen molar-refractivity contribution in [3.63, 3.8) is 0 Å². The molecule has 1 N–H and O–H groups in total. The van der Waals surface area contributed by atoms with Gasteiger partial charge in [0.2, 0.25) is 12.4 Å². The SMILES string of the molecule is CC(=O)OC[C@H]1O[C@@H](Oc2ccc(C/C(=N/OS(=O)(=O)O)S[C@@H]3O[C@H](COC(C)=O)[C@@H](OC(C)=O)[C@H](OC(C)=O)[C@H]3OC(C)=O)cc2)[C@H](OC(C)=O)[C@@H](OC(C)=O)[C@H]1OC(C)=O. The van der Waals surface area contributed by atoms with Gasteiger partial charge in [-0.1, -0.05) is 29.1 Å². The van der Waals surface area contributed by atoms with Crippen molar-refractivity contribution in [1.82, 2.24) is 0 Å². The highest BCUT2D eigenvalue weighted by atomic mass is 32.3. The second kappa shape index (κ2) is 23.0. The maximum atomic E-state index is 12.3. The summed E-state index contributed by atoms with van der Waals surface area (Å²) in [6, 6.07) is 5.59. The molecule has 0 unspecified atom stereocenters. The quantitative estimate of drug-likeness (QED) is 0.0559. The molecular formula is C36H45NO23S2. The van der Waals surface area contributed by atoms with Gasteiger partial charge in [-0.3, -0.25) is 42.9 Å². The molecule has 10 atom stereocenters. The Morgan fingerprint density at radius 3 is 1.42 bits per heavy atom. The number of esters is 8. The van der Waals surface area contributed by atoms with E-state index in [4.69, 9.17) is 52.1 Å². The number of thioether (sulfide) groups is 1. The summed E-state index contributed by atoms with van der Waals surface area (Å²) in [4.78, 5) is 96.6. The zero-order valence-corrected chi connectivity index (χ0v) is 36.0. The van der Waals surface area contributed by atoms with E-state index >= 15 is 0 Å². The molecule has 1 aromatic carbocycles. The van der Waals surface area contributed by atoms with Crippen molar-refractivity contribution >= 4 is 75.0 Å². The summed E-state index contributed by atoms with van der Waals surface area (Å²) in [6.07, 6.45) is -13.8. The zero-order valence-electron chi connectivity index (χ0n) is 34.4. The highest BCUT2D eigenvalue weighted by molar-refractivity contribution is 8.14. The van der Waals surface area contributed by atoms with Crippen LogP contribution in [0.2, 0.25) is 0 Å². The molecule has 0 spiro atoms. The molecular weight excluding hydrogens is 879 g/mol. The third kappa shape index (κ3) is 16.7. The molecule has 2 heterocycles. The van der Waals surface area contributed by atoms with Gasteiger partial charge >= 0.3 is 58.2 Å². The van der Waals surface area contributed by atoms with Gasteiger partial charge in [-0.15, -0.1) is 0 Å². The van der Waals surface area contributed by atoms with Crippen LogP contribution in [0.4, 0.5) is 0 Å². The van der Waals surface area contributed by atoms with Crippen molar-refractivity contribution in [3.8, 4) is 5.75 Å². The zero-order chi connectivity index (χ0) is 46.5. The van der Waals surface area contributed by atoms with Crippen LogP contribution in [0, 0.1) is 0 Å². The fourth-order valence-corrected chi connectivity index (χ4v) is 7.25. The molecule has 0 aromatic heterocycles. The molecule has 0 bridgehead atoms. The summed E-state index contributed by atoms with van der Waals surface area (Å²) >= 11 is 0.561. The Hall–Kier alpha value is -5.57. The highest BCUT2D eigenvalue weighted by Crippen LogP contribution is 2.36. The first-order valence-electron chi connectivity index (χ1n) is 18.2. The highest BCUT2D eigenvalue weighted by Gasteiger charge is 2.54. The molecule has 1 aromatic rings. The van der Waals surface area contributed by atoms with E-state index in [9.17, 15) is 51.3 Å². The summed E-state index contributed by atoms with van der Waals surface area (Å²) in [5.74, 6) is -6.74. The molecule has 2 aliphatic rings. The Balaban J connectivity index is 2.01. The Kier molecular flexibility index (Phi) is 18.9. The normalized spacial score (nSPS) is 26.0. The maximum Gasteiger partial charge on any atom is 0.466 e. The van der Waals surface area contributed by atoms with E-state index in [-0.39, 0.29) is 17.2 Å². The minimum atomic E-state index is -5.20. The lowest BCUT2D eigenvalue weighted by atomic mass is 9.98. The van der Waals surface area contributed by atoms with Crippen LogP contribution < -0.4 is 4.74 Å². The van der Waals surface area contributed by atoms with Gasteiger partial charge in [-0.25, -0.2) is 4.28 Å². The van der Waals surface area contributed by atoms with Crippen LogP contribution in [-0.2, 0) is 107 Å². The number of carbonyl (C=O) groups is 8. The second-order valence-electron chi connectivity index (χ2n) is 13.2. The number of carbonyl (C=O) groups excluding carboxylic acids is 8. The van der Waals surface area contributed by atoms with Crippen molar-refractivity contribution in [3.05, 3.63) is 29.8 Å². The molecule has 0 radical (unpaired) electrons. The molecule has 2 aliphatic heterocycles. The van der Waals surface area contributed by atoms with Crippen LogP contribution in [0.5, 0.6) is 5.75 Å². The van der Waals surface area contributed by atoms with E-state index in [1.165, 1.54) is 24.3 Å². The first-order chi connectivity index (χ1) is 28.9. The molecule has 24 nitrogen and oxygen atoms in total. The number of hydrogen-bond acceptors (Lipinski definition) is 24. The Labute approximate surface area is 358 Å². The van der Waals surface area contributed by atoms with Gasteiger partial charge in [0.25, 0.3) is 0 Å². The Morgan fingerprint density at radius 1 is 0.581 bits per heavy atom. The first-order valence-corrected chi connectivity index (χ1v) is 20.4. The van der Waals surface area contributed by atoms with Crippen LogP contribution in [0.3, 0.4) is 0 Å². The summed E-state index contributed by atoms with van der Waals surface area (Å²) in [7, 11) is -5.20. The van der Waals surface area contributed by atoms with Gasteiger partial charge in [0.15, 0.2) is 30.5 Å². The minimum absolute atomic E-state index is 0.0227. The van der Waals surface area contributed by atoms with Crippen molar-refractivity contribution in [2.45, 2.75) is 122 Å². The molecule has 26 heteroatoms. The molecule has 2 saturated heterocycles. The maximum absolute atomic E-state index is 12.3. The largest absolute Gasteiger partial charge is 0.466 e. The standard InChI is InChI=1S/C36H45NO23S2/c1-16(38)49-14-26-29(51-18(3)40)31(53-20(5)42)33(55-22(7)44)35(58-26)57-25-11-9-24(10-12-25)13-28(37-60-62(46,47)48)61-36-34(56-23(8)45)32(54-21(6)43)30(52-19(4)41)27(59-36)15-50-17(2)39/h9-12,26-27,29-36H,13-15H2,1-8H3,(H,46,47,48)/b37-28-/t26-,27-,29+,30-,31+,32+,33-,34-,35-,36+/m1/s1. The van der Waals surface area contributed by atoms with Crippen molar-refractivity contribution in [1.29, 1.82) is 0 Å². The van der Waals surface area contributed by atoms with Crippen LogP contribution in [0.1, 0.15) is 61.0 Å². The lowest BCUT2D eigenvalue weighted by molar-refractivity contribution is -0.288. The van der Waals surface area contributed by atoms with Crippen molar-refractivity contribution < 1.29 is 108 Å². The van der Waals surface area contributed by atoms with Crippen LogP contribution >= 0.6 is 11.8 Å². The smallest absolute Gasteiger partial charge is 0.463 e. The van der Waals surface area contributed by atoms with Crippen LogP contribution in [0.25, 0.3) is 0 Å². The second-order valence-corrected chi connectivity index (χ2v) is 15.4. The number of benzene rings is 1.